The minimum Gasteiger partial charge on any atom is -0.493 e. The Morgan fingerprint density at radius 3 is 2.60 bits per heavy atom. The van der Waals surface area contributed by atoms with E-state index in [-0.39, 0.29) is 17.7 Å². The summed E-state index contributed by atoms with van der Waals surface area (Å²) in [6.07, 6.45) is 7.68. The average molecular weight is 548 g/mol. The summed E-state index contributed by atoms with van der Waals surface area (Å²) in [5.74, 6) is 3.27. The summed E-state index contributed by atoms with van der Waals surface area (Å²) in [6, 6.07) is 5.24. The molecule has 0 spiro atoms. The Bertz CT molecular complexity index is 1510. The van der Waals surface area contributed by atoms with Crippen LogP contribution in [-0.2, 0) is 17.8 Å². The molecule has 0 saturated carbocycles. The number of methoxy groups -OCH3 is 3. The fraction of sp³-hybridized carbons (Fsp3) is 0.464. The van der Waals surface area contributed by atoms with Crippen molar-refractivity contribution in [3.05, 3.63) is 30.4 Å². The quantitative estimate of drug-likeness (QED) is 0.361. The Morgan fingerprint density at radius 2 is 1.82 bits per heavy atom. The topological polar surface area (TPSA) is 130 Å². The number of imidazole rings is 1. The van der Waals surface area contributed by atoms with Gasteiger partial charge in [0.1, 0.15) is 17.8 Å². The van der Waals surface area contributed by atoms with E-state index in [4.69, 9.17) is 23.7 Å². The van der Waals surface area contributed by atoms with Gasteiger partial charge in [-0.3, -0.25) is 10.1 Å². The highest BCUT2D eigenvalue weighted by Crippen LogP contribution is 2.41. The summed E-state index contributed by atoms with van der Waals surface area (Å²) in [6.45, 7) is 2.28. The molecule has 1 fully saturated rings. The van der Waals surface area contributed by atoms with E-state index in [0.717, 1.165) is 68.0 Å². The zero-order valence-corrected chi connectivity index (χ0v) is 23.0. The van der Waals surface area contributed by atoms with Crippen LogP contribution in [-0.4, -0.2) is 65.0 Å². The number of piperidine rings is 1. The number of nitrogens with zero attached hydrogens (tertiary/aromatic N) is 6. The number of aryl methyl sites for hydroxylation is 2. The molecule has 0 bridgehead atoms. The molecule has 0 aliphatic carbocycles. The fourth-order valence-corrected chi connectivity index (χ4v) is 5.66. The third kappa shape index (κ3) is 4.78. The van der Waals surface area contributed by atoms with Crippen molar-refractivity contribution in [2.45, 2.75) is 45.1 Å². The van der Waals surface area contributed by atoms with Crippen LogP contribution in [0.5, 0.6) is 17.2 Å². The maximum absolute atomic E-state index is 13.3. The van der Waals surface area contributed by atoms with Crippen LogP contribution in [0.25, 0.3) is 22.4 Å². The van der Waals surface area contributed by atoms with Gasteiger partial charge in [0.05, 0.1) is 27.2 Å². The third-order valence-electron chi connectivity index (χ3n) is 7.68. The average Bonchev–Trinajstić information content (AvgIpc) is 3.53. The van der Waals surface area contributed by atoms with Gasteiger partial charge in [-0.1, -0.05) is 11.6 Å². The van der Waals surface area contributed by atoms with E-state index >= 15 is 0 Å². The lowest BCUT2D eigenvalue weighted by atomic mass is 9.97. The Kier molecular flexibility index (Phi) is 7.14. The van der Waals surface area contributed by atoms with Crippen molar-refractivity contribution in [3.63, 3.8) is 0 Å². The predicted molar refractivity (Wildman–Crippen MR) is 148 cm³/mol. The maximum atomic E-state index is 13.3. The van der Waals surface area contributed by atoms with Crippen molar-refractivity contribution in [1.82, 2.24) is 24.7 Å². The van der Waals surface area contributed by atoms with Gasteiger partial charge in [0, 0.05) is 37.7 Å². The third-order valence-corrected chi connectivity index (χ3v) is 7.68. The van der Waals surface area contributed by atoms with Crippen LogP contribution >= 0.6 is 0 Å². The molecule has 2 aliphatic heterocycles. The Morgan fingerprint density at radius 1 is 1.00 bits per heavy atom. The van der Waals surface area contributed by atoms with Gasteiger partial charge < -0.3 is 28.2 Å². The van der Waals surface area contributed by atoms with Gasteiger partial charge in [0.25, 0.3) is 0 Å². The van der Waals surface area contributed by atoms with Crippen LogP contribution < -0.4 is 24.4 Å². The smallest absolute Gasteiger partial charge is 0.231 e. The summed E-state index contributed by atoms with van der Waals surface area (Å²) in [7, 11) is 4.66. The monoisotopic (exact) mass is 547 g/mol. The Balaban J connectivity index is 1.18. The van der Waals surface area contributed by atoms with E-state index in [1.165, 1.54) is 6.42 Å². The zero-order valence-electron chi connectivity index (χ0n) is 23.0. The predicted octanol–water partition coefficient (Wildman–Crippen LogP) is 4.09. The largest absolute Gasteiger partial charge is 0.493 e. The van der Waals surface area contributed by atoms with Gasteiger partial charge in [0.2, 0.25) is 17.5 Å². The molecule has 1 saturated heterocycles. The number of ether oxygens (including phenoxy) is 3. The van der Waals surface area contributed by atoms with Crippen molar-refractivity contribution < 1.29 is 23.5 Å². The van der Waals surface area contributed by atoms with Crippen molar-refractivity contribution in [3.8, 4) is 28.5 Å². The first-order valence-electron chi connectivity index (χ1n) is 13.6. The van der Waals surface area contributed by atoms with Gasteiger partial charge >= 0.3 is 0 Å². The SMILES string of the molecule is COc1cc(-c2cc(NC(=O)[C@H]3CCCN(c4ncnc5c4nc4n5CCCCC4)C3)on2)cc(OC)c1OC. The molecule has 2 aliphatic rings. The van der Waals surface area contributed by atoms with Crippen molar-refractivity contribution in [1.29, 1.82) is 0 Å². The molecule has 1 amide bonds. The Hall–Kier alpha value is -4.35. The van der Waals surface area contributed by atoms with E-state index < -0.39 is 0 Å². The molecule has 0 radical (unpaired) electrons. The number of carbonyl (C=O) groups excluding carboxylic acids is 1. The number of aromatic nitrogens is 5. The highest BCUT2D eigenvalue weighted by atomic mass is 16.5. The molecular formula is C28H33N7O5. The zero-order chi connectivity index (χ0) is 27.6. The number of anilines is 2. The molecule has 0 unspecified atom stereocenters. The molecule has 5 heterocycles. The number of fused-ring (bicyclic) bond motifs is 3. The number of rotatable bonds is 7. The molecule has 4 aromatic rings. The summed E-state index contributed by atoms with van der Waals surface area (Å²) >= 11 is 0. The highest BCUT2D eigenvalue weighted by molar-refractivity contribution is 5.93. The number of benzene rings is 1. The second-order valence-corrected chi connectivity index (χ2v) is 10.1. The molecule has 12 nitrogen and oxygen atoms in total. The van der Waals surface area contributed by atoms with E-state index in [1.807, 2.05) is 0 Å². The summed E-state index contributed by atoms with van der Waals surface area (Å²) < 4.78 is 24.0. The molecule has 12 heteroatoms. The van der Waals surface area contributed by atoms with Crippen LogP contribution in [0.4, 0.5) is 11.7 Å². The van der Waals surface area contributed by atoms with Gasteiger partial charge in [-0.25, -0.2) is 15.0 Å². The number of hydrogen-bond donors (Lipinski definition) is 1. The molecule has 1 aromatic carbocycles. The number of hydrogen-bond acceptors (Lipinski definition) is 10. The lowest BCUT2D eigenvalue weighted by molar-refractivity contribution is -0.120. The van der Waals surface area contributed by atoms with E-state index in [1.54, 1.807) is 45.9 Å². The number of carbonyl (C=O) groups is 1. The van der Waals surface area contributed by atoms with Crippen molar-refractivity contribution >= 4 is 28.8 Å². The van der Waals surface area contributed by atoms with Crippen molar-refractivity contribution in [2.24, 2.45) is 5.92 Å². The van der Waals surface area contributed by atoms with Crippen LogP contribution in [0.3, 0.4) is 0 Å². The van der Waals surface area contributed by atoms with Gasteiger partial charge in [-0.2, -0.15) is 0 Å². The standard InChI is InChI=1S/C28H33N7O5/c1-37-20-12-18(13-21(38-2)25(20)39-3)19-14-23(40-33-19)32-28(36)17-8-7-10-34(15-17)26-24-27(30-16-29-26)35-11-6-4-5-9-22(35)31-24/h12-14,16-17H,4-11,15H2,1-3H3,(H,32,36)/t17-/m0/s1. The van der Waals surface area contributed by atoms with Crippen LogP contribution in [0.15, 0.2) is 29.0 Å². The summed E-state index contributed by atoms with van der Waals surface area (Å²) in [4.78, 5) is 29.6. The van der Waals surface area contributed by atoms with E-state index in [0.29, 0.717) is 35.1 Å². The van der Waals surface area contributed by atoms with Crippen molar-refractivity contribution in [2.75, 3.05) is 44.6 Å². The second-order valence-electron chi connectivity index (χ2n) is 10.1. The fourth-order valence-electron chi connectivity index (χ4n) is 5.66. The normalized spacial score (nSPS) is 17.3. The summed E-state index contributed by atoms with van der Waals surface area (Å²) in [5, 5.41) is 7.05. The van der Waals surface area contributed by atoms with Crippen LogP contribution in [0.2, 0.25) is 0 Å². The molecule has 210 valence electrons. The minimum absolute atomic E-state index is 0.122. The van der Waals surface area contributed by atoms with Gasteiger partial charge in [0.15, 0.2) is 28.5 Å². The summed E-state index contributed by atoms with van der Waals surface area (Å²) in [5.41, 5.74) is 2.94. The van der Waals surface area contributed by atoms with Gasteiger partial charge in [-0.15, -0.1) is 0 Å². The first kappa shape index (κ1) is 25.9. The molecule has 40 heavy (non-hydrogen) atoms. The second kappa shape index (κ2) is 11.0. The lowest BCUT2D eigenvalue weighted by Crippen LogP contribution is -2.41. The van der Waals surface area contributed by atoms with Crippen LogP contribution in [0.1, 0.15) is 37.9 Å². The first-order chi connectivity index (χ1) is 19.6. The molecule has 1 atom stereocenters. The van der Waals surface area contributed by atoms with Crippen LogP contribution in [0, 0.1) is 5.92 Å². The highest BCUT2D eigenvalue weighted by Gasteiger charge is 2.30. The lowest BCUT2D eigenvalue weighted by Gasteiger charge is -2.32. The first-order valence-corrected chi connectivity index (χ1v) is 13.6. The van der Waals surface area contributed by atoms with Gasteiger partial charge in [-0.05, 0) is 37.8 Å². The maximum Gasteiger partial charge on any atom is 0.231 e. The molecule has 3 aromatic heterocycles. The molecule has 6 rings (SSSR count). The number of amides is 1. The molecular weight excluding hydrogens is 514 g/mol. The van der Waals surface area contributed by atoms with E-state index in [2.05, 4.69) is 29.9 Å². The number of nitrogens with one attached hydrogen (secondary N) is 1. The Labute approximate surface area is 231 Å². The molecule has 1 N–H and O–H groups in total. The minimum atomic E-state index is -0.242. The van der Waals surface area contributed by atoms with E-state index in [9.17, 15) is 4.79 Å².